The largest absolute Gasteiger partial charge is 0.493 e. The second kappa shape index (κ2) is 10.8. The van der Waals surface area contributed by atoms with Crippen molar-refractivity contribution in [2.45, 2.75) is 64.6 Å². The molecule has 0 spiro atoms. The van der Waals surface area contributed by atoms with Crippen LogP contribution in [0.25, 0.3) is 22.2 Å². The number of carbonyl (C=O) groups excluding carboxylic acids is 1. The van der Waals surface area contributed by atoms with Crippen molar-refractivity contribution >= 4 is 23.1 Å². The van der Waals surface area contributed by atoms with Crippen molar-refractivity contribution < 1.29 is 34.0 Å². The first-order chi connectivity index (χ1) is 18.4. The second-order valence-electron chi connectivity index (χ2n) is 11.3. The lowest BCUT2D eigenvalue weighted by atomic mass is 9.85. The smallest absolute Gasteiger partial charge is 0.416 e. The molecule has 39 heavy (non-hydrogen) atoms. The van der Waals surface area contributed by atoms with Gasteiger partial charge in [-0.15, -0.1) is 0 Å². The van der Waals surface area contributed by atoms with Crippen molar-refractivity contribution in [3.05, 3.63) is 47.5 Å². The van der Waals surface area contributed by atoms with Gasteiger partial charge in [-0.25, -0.2) is 14.2 Å². The number of nitrogens with zero attached hydrogens (tertiary/aromatic N) is 2. The van der Waals surface area contributed by atoms with Gasteiger partial charge in [0.05, 0.1) is 38.1 Å². The number of β-amino-alcohol motifs (C(OH)–C–C–N with tert-alkyl or cyclic N) is 1. The van der Waals surface area contributed by atoms with Gasteiger partial charge >= 0.3 is 12.2 Å². The molecule has 210 valence electrons. The van der Waals surface area contributed by atoms with Gasteiger partial charge in [-0.05, 0) is 74.6 Å². The van der Waals surface area contributed by atoms with Crippen LogP contribution in [0.3, 0.4) is 0 Å². The van der Waals surface area contributed by atoms with E-state index in [0.717, 1.165) is 16.5 Å². The van der Waals surface area contributed by atoms with E-state index < -0.39 is 23.9 Å². The summed E-state index contributed by atoms with van der Waals surface area (Å²) in [6, 6.07) is 11.1. The highest BCUT2D eigenvalue weighted by Crippen LogP contribution is 2.42. The Hall–Kier alpha value is -3.72. The standard InChI is InChI=1S/C30H38N2O7/c1-17(2)26-21-14-18(20-12-13-31(16-23(20)33)29(36)39-30(3,4)5)8-10-22(21)32(28(34)35)27(26)19-9-11-24(37-6)25(15-19)38-7/h8-11,14-15,17,20,23,33H,12-13,16H2,1-7H3,(H,34,35). The number of hydrogen-bond donors (Lipinski definition) is 2. The van der Waals surface area contributed by atoms with E-state index in [9.17, 15) is 19.8 Å². The van der Waals surface area contributed by atoms with Gasteiger partial charge in [0.1, 0.15) is 5.60 Å². The molecule has 2 unspecified atom stereocenters. The number of ether oxygens (including phenoxy) is 3. The normalized spacial score (nSPS) is 17.9. The van der Waals surface area contributed by atoms with Gasteiger partial charge in [0.25, 0.3) is 0 Å². The van der Waals surface area contributed by atoms with Gasteiger partial charge in [0.2, 0.25) is 0 Å². The number of amides is 1. The molecular weight excluding hydrogens is 500 g/mol. The number of benzene rings is 2. The monoisotopic (exact) mass is 538 g/mol. The van der Waals surface area contributed by atoms with Crippen molar-refractivity contribution in [3.8, 4) is 22.8 Å². The summed E-state index contributed by atoms with van der Waals surface area (Å²) >= 11 is 0. The molecule has 9 nitrogen and oxygen atoms in total. The third-order valence-corrected chi connectivity index (χ3v) is 7.12. The number of carbonyl (C=O) groups is 2. The number of piperidine rings is 1. The minimum absolute atomic E-state index is 0.00499. The number of rotatable bonds is 5. The van der Waals surface area contributed by atoms with Gasteiger partial charge in [-0.3, -0.25) is 0 Å². The third-order valence-electron chi connectivity index (χ3n) is 7.12. The molecule has 3 aromatic rings. The number of hydrogen-bond acceptors (Lipinski definition) is 6. The minimum atomic E-state index is -1.09. The average Bonchev–Trinajstić information content (AvgIpc) is 3.22. The molecule has 9 heteroatoms. The molecule has 0 bridgehead atoms. The van der Waals surface area contributed by atoms with Crippen LogP contribution in [0.1, 0.15) is 64.0 Å². The summed E-state index contributed by atoms with van der Waals surface area (Å²) in [5.74, 6) is 0.864. The first-order valence-electron chi connectivity index (χ1n) is 13.2. The number of aromatic nitrogens is 1. The van der Waals surface area contributed by atoms with Gasteiger partial charge in [-0.1, -0.05) is 19.9 Å². The van der Waals surface area contributed by atoms with Gasteiger partial charge < -0.3 is 29.3 Å². The molecule has 0 saturated carbocycles. The fraction of sp³-hybridized carbons (Fsp3) is 0.467. The van der Waals surface area contributed by atoms with Gasteiger partial charge in [-0.2, -0.15) is 0 Å². The Bertz CT molecular complexity index is 1390. The zero-order valence-corrected chi connectivity index (χ0v) is 23.6. The molecule has 1 saturated heterocycles. The van der Waals surface area contributed by atoms with Crippen LogP contribution in [0.15, 0.2) is 36.4 Å². The van der Waals surface area contributed by atoms with Crippen LogP contribution < -0.4 is 9.47 Å². The highest BCUT2D eigenvalue weighted by Gasteiger charge is 2.34. The molecule has 0 radical (unpaired) electrons. The van der Waals surface area contributed by atoms with Crippen molar-refractivity contribution in [3.63, 3.8) is 0 Å². The van der Waals surface area contributed by atoms with Crippen LogP contribution in [-0.4, -0.2) is 70.9 Å². The minimum Gasteiger partial charge on any atom is -0.493 e. The summed E-state index contributed by atoms with van der Waals surface area (Å²) < 4.78 is 17.7. The maximum atomic E-state index is 12.6. The lowest BCUT2D eigenvalue weighted by Crippen LogP contribution is -2.47. The Labute approximate surface area is 228 Å². The fourth-order valence-electron chi connectivity index (χ4n) is 5.43. The SMILES string of the molecule is COc1ccc(-c2c(C(C)C)c3cc(C4CCN(C(=O)OC(C)(C)C)CC4O)ccc3n2C(=O)O)cc1OC. The molecule has 1 aliphatic rings. The Kier molecular flexibility index (Phi) is 7.84. The van der Waals surface area contributed by atoms with Crippen LogP contribution in [-0.2, 0) is 4.74 Å². The molecule has 1 aliphatic heterocycles. The highest BCUT2D eigenvalue weighted by atomic mass is 16.6. The Balaban J connectivity index is 1.78. The Morgan fingerprint density at radius 3 is 2.28 bits per heavy atom. The molecule has 4 rings (SSSR count). The van der Waals surface area contributed by atoms with E-state index in [1.807, 2.05) is 58.9 Å². The van der Waals surface area contributed by atoms with E-state index in [1.54, 1.807) is 31.3 Å². The van der Waals surface area contributed by atoms with E-state index in [1.165, 1.54) is 4.57 Å². The number of carboxylic acid groups (broad SMARTS) is 1. The summed E-state index contributed by atoms with van der Waals surface area (Å²) in [4.78, 5) is 26.7. The summed E-state index contributed by atoms with van der Waals surface area (Å²) in [6.07, 6.45) is -1.74. The zero-order valence-electron chi connectivity index (χ0n) is 23.6. The van der Waals surface area contributed by atoms with E-state index in [0.29, 0.717) is 41.2 Å². The summed E-state index contributed by atoms with van der Waals surface area (Å²) in [6.45, 7) is 10.1. The van der Waals surface area contributed by atoms with Gasteiger partial charge in [0, 0.05) is 23.4 Å². The predicted molar refractivity (Wildman–Crippen MR) is 149 cm³/mol. The predicted octanol–water partition coefficient (Wildman–Crippen LogP) is 6.06. The van der Waals surface area contributed by atoms with E-state index in [-0.39, 0.29) is 18.4 Å². The summed E-state index contributed by atoms with van der Waals surface area (Å²) in [7, 11) is 3.10. The maximum absolute atomic E-state index is 12.6. The topological polar surface area (TPSA) is 110 Å². The van der Waals surface area contributed by atoms with Crippen LogP contribution in [0.4, 0.5) is 9.59 Å². The van der Waals surface area contributed by atoms with Crippen molar-refractivity contribution in [2.24, 2.45) is 0 Å². The molecule has 2 N–H and O–H groups in total. The van der Waals surface area contributed by atoms with E-state index >= 15 is 0 Å². The molecular formula is C30H38N2O7. The lowest BCUT2D eigenvalue weighted by Gasteiger charge is -2.37. The summed E-state index contributed by atoms with van der Waals surface area (Å²) in [5.41, 5.74) is 3.03. The highest BCUT2D eigenvalue weighted by molar-refractivity contribution is 6.00. The van der Waals surface area contributed by atoms with Crippen LogP contribution in [0.5, 0.6) is 11.5 Å². The van der Waals surface area contributed by atoms with E-state index in [4.69, 9.17) is 14.2 Å². The average molecular weight is 539 g/mol. The van der Waals surface area contributed by atoms with Crippen LogP contribution >= 0.6 is 0 Å². The van der Waals surface area contributed by atoms with Crippen molar-refractivity contribution in [1.29, 1.82) is 0 Å². The van der Waals surface area contributed by atoms with E-state index in [2.05, 4.69) is 0 Å². The molecule has 2 aromatic carbocycles. The fourth-order valence-corrected chi connectivity index (χ4v) is 5.43. The van der Waals surface area contributed by atoms with Crippen molar-refractivity contribution in [2.75, 3.05) is 27.3 Å². The second-order valence-corrected chi connectivity index (χ2v) is 11.3. The molecule has 1 fully saturated rings. The first-order valence-corrected chi connectivity index (χ1v) is 13.2. The molecule has 1 amide bonds. The van der Waals surface area contributed by atoms with Crippen LogP contribution in [0.2, 0.25) is 0 Å². The number of aliphatic hydroxyl groups is 1. The number of fused-ring (bicyclic) bond motifs is 1. The van der Waals surface area contributed by atoms with Gasteiger partial charge in [0.15, 0.2) is 11.5 Å². The van der Waals surface area contributed by atoms with Crippen LogP contribution in [0, 0.1) is 0 Å². The summed E-state index contributed by atoms with van der Waals surface area (Å²) in [5, 5.41) is 22.2. The Morgan fingerprint density at radius 2 is 1.72 bits per heavy atom. The number of methoxy groups -OCH3 is 2. The quantitative estimate of drug-likeness (QED) is 0.406. The number of likely N-dealkylation sites (tertiary alicyclic amines) is 1. The Morgan fingerprint density at radius 1 is 1.03 bits per heavy atom. The molecule has 2 heterocycles. The third kappa shape index (κ3) is 5.54. The lowest BCUT2D eigenvalue weighted by molar-refractivity contribution is -0.00151. The zero-order chi connectivity index (χ0) is 28.6. The first kappa shape index (κ1) is 28.3. The molecule has 1 aromatic heterocycles. The number of aliphatic hydroxyl groups excluding tert-OH is 1. The maximum Gasteiger partial charge on any atom is 0.416 e. The molecule has 0 aliphatic carbocycles. The van der Waals surface area contributed by atoms with Crippen molar-refractivity contribution in [1.82, 2.24) is 9.47 Å². The molecule has 2 atom stereocenters.